The van der Waals surface area contributed by atoms with Crippen LogP contribution in [-0.2, 0) is 42.9 Å². The fourth-order valence-electron chi connectivity index (χ4n) is 4.44. The quantitative estimate of drug-likeness (QED) is 0.0245. The fraction of sp³-hybridized carbons (Fsp3) is 0.800. The fourth-order valence-corrected chi connectivity index (χ4v) is 4.44. The maximum atomic E-state index is 12.9. The van der Waals surface area contributed by atoms with Gasteiger partial charge in [-0.1, -0.05) is 13.8 Å². The van der Waals surface area contributed by atoms with Crippen LogP contribution in [0.1, 0.15) is 33.6 Å². The first-order chi connectivity index (χ1) is 27.5. The summed E-state index contributed by atoms with van der Waals surface area (Å²) in [5, 5.41) is 30.2. The molecule has 1 heterocycles. The normalized spacial score (nSPS) is 15.7. The number of carbonyl (C=O) groups excluding carboxylic acids is 2. The number of esters is 1. The standard InChI is InChI=1S/C16H28N4O7.C9H14F2O2.C9H22N2O3.CH3F2P/c21-10-9-17-1-3-18(11-14(22)23)5-7-20(13-16(26)27)8-6-19(4-2-17)12-15(24)25;1-4-7(9(11)6(3)10)13-8(12)5-2;1-11-3-5-13-7-9-14-8-6-12-4-2-10;1-4(2)3/h10H,1-9,11-13H2,(H,22,23)(H,24,25)(H,26,27);6H,4-5H2,1-3H3;11H,2-10H2,1H3;1H3/b;9-7-;;. The van der Waals surface area contributed by atoms with Gasteiger partial charge in [0.1, 0.15) is 12.0 Å². The highest BCUT2D eigenvalue weighted by Crippen LogP contribution is 2.32. The minimum absolute atomic E-state index is 0.150. The van der Waals surface area contributed by atoms with Crippen molar-refractivity contribution in [1.82, 2.24) is 24.9 Å². The molecule has 0 amide bonds. The number of halogens is 4. The van der Waals surface area contributed by atoms with Crippen LogP contribution < -0.4 is 11.1 Å². The number of nitrogens with zero attached hydrogens (tertiary/aromatic N) is 4. The van der Waals surface area contributed by atoms with Gasteiger partial charge in [0.15, 0.2) is 12.0 Å². The molecule has 0 aromatic rings. The zero-order valence-electron chi connectivity index (χ0n) is 34.6. The van der Waals surface area contributed by atoms with Crippen molar-refractivity contribution >= 4 is 38.7 Å². The second kappa shape index (κ2) is 40.8. The maximum absolute atomic E-state index is 12.9. The van der Waals surface area contributed by atoms with E-state index < -0.39 is 44.4 Å². The summed E-state index contributed by atoms with van der Waals surface area (Å²) in [4.78, 5) is 61.8. The van der Waals surface area contributed by atoms with Gasteiger partial charge in [-0.2, -0.15) is 8.39 Å². The molecular weight excluding hydrogens is 803 g/mol. The average Bonchev–Trinajstić information content (AvgIpc) is 3.15. The Bertz CT molecular complexity index is 1080. The molecule has 23 heteroatoms. The topological polar surface area (TPSA) is 234 Å². The number of carboxylic acid groups (broad SMARTS) is 3. The number of nitrogens with one attached hydrogen (secondary N) is 1. The Labute approximate surface area is 340 Å². The van der Waals surface area contributed by atoms with Gasteiger partial charge in [-0.05, 0) is 14.0 Å². The smallest absolute Gasteiger partial charge is 0.317 e. The van der Waals surface area contributed by atoms with E-state index in [2.05, 4.69) is 10.1 Å². The molecule has 342 valence electrons. The van der Waals surface area contributed by atoms with E-state index in [0.29, 0.717) is 91.9 Å². The second-order valence-corrected chi connectivity index (χ2v) is 13.0. The van der Waals surface area contributed by atoms with Gasteiger partial charge in [-0.3, -0.25) is 38.8 Å². The minimum atomic E-state index is -2.62. The Morgan fingerprint density at radius 3 is 1.40 bits per heavy atom. The van der Waals surface area contributed by atoms with Crippen molar-refractivity contribution in [2.75, 3.05) is 145 Å². The molecule has 0 spiro atoms. The second-order valence-electron chi connectivity index (χ2n) is 12.2. The van der Waals surface area contributed by atoms with Gasteiger partial charge in [-0.15, -0.1) is 0 Å². The summed E-state index contributed by atoms with van der Waals surface area (Å²) < 4.78 is 66.4. The Kier molecular flexibility index (Phi) is 41.8. The van der Waals surface area contributed by atoms with Gasteiger partial charge < -0.3 is 50.1 Å². The molecule has 0 bridgehead atoms. The summed E-state index contributed by atoms with van der Waals surface area (Å²) in [5.41, 5.74) is 5.25. The number of rotatable bonds is 23. The van der Waals surface area contributed by atoms with E-state index in [1.54, 1.807) is 28.5 Å². The number of alkyl halides is 1. The summed E-state index contributed by atoms with van der Waals surface area (Å²) >= 11 is 0. The van der Waals surface area contributed by atoms with Gasteiger partial charge in [-0.25, -0.2) is 8.78 Å². The molecule has 0 aliphatic carbocycles. The van der Waals surface area contributed by atoms with Crippen LogP contribution in [0.5, 0.6) is 0 Å². The third-order valence-electron chi connectivity index (χ3n) is 7.30. The maximum Gasteiger partial charge on any atom is 0.317 e. The first-order valence-corrected chi connectivity index (χ1v) is 20.4. The summed E-state index contributed by atoms with van der Waals surface area (Å²) in [7, 11) is -0.723. The predicted octanol–water partition coefficient (Wildman–Crippen LogP) is 1.63. The van der Waals surface area contributed by atoms with Gasteiger partial charge >= 0.3 is 23.9 Å². The molecule has 0 aromatic heterocycles. The van der Waals surface area contributed by atoms with E-state index in [4.69, 9.17) is 35.3 Å². The van der Waals surface area contributed by atoms with Crippen molar-refractivity contribution < 1.29 is 75.4 Å². The van der Waals surface area contributed by atoms with Gasteiger partial charge in [0.05, 0.1) is 65.8 Å². The lowest BCUT2D eigenvalue weighted by atomic mass is 10.3. The van der Waals surface area contributed by atoms with Gasteiger partial charge in [0.2, 0.25) is 0 Å². The molecule has 1 rings (SSSR count). The van der Waals surface area contributed by atoms with Crippen LogP contribution in [0.3, 0.4) is 0 Å². The van der Waals surface area contributed by atoms with Gasteiger partial charge in [0, 0.05) is 85.0 Å². The molecule has 1 aliphatic rings. The van der Waals surface area contributed by atoms with Crippen molar-refractivity contribution in [1.29, 1.82) is 0 Å². The third-order valence-corrected chi connectivity index (χ3v) is 7.30. The molecule has 1 atom stereocenters. The number of ether oxygens (including phenoxy) is 4. The number of hydrogen-bond donors (Lipinski definition) is 5. The zero-order chi connectivity index (χ0) is 44.7. The lowest BCUT2D eigenvalue weighted by Gasteiger charge is -2.32. The van der Waals surface area contributed by atoms with E-state index in [1.807, 2.05) is 11.9 Å². The number of allylic oxidation sites excluding steroid dienone is 2. The highest BCUT2D eigenvalue weighted by atomic mass is 31.2. The minimum Gasteiger partial charge on any atom is -0.480 e. The van der Waals surface area contributed by atoms with Crippen LogP contribution in [0.15, 0.2) is 11.6 Å². The van der Waals surface area contributed by atoms with E-state index in [0.717, 1.165) is 33.0 Å². The largest absolute Gasteiger partial charge is 0.480 e. The van der Waals surface area contributed by atoms with Crippen molar-refractivity contribution in [2.24, 2.45) is 5.73 Å². The van der Waals surface area contributed by atoms with E-state index >= 15 is 0 Å². The first kappa shape index (κ1) is 59.4. The number of aliphatic carboxylic acids is 3. The van der Waals surface area contributed by atoms with E-state index in [1.165, 1.54) is 0 Å². The lowest BCUT2D eigenvalue weighted by Crippen LogP contribution is -2.48. The number of carbonyl (C=O) groups is 5. The predicted molar refractivity (Wildman–Crippen MR) is 211 cm³/mol. The van der Waals surface area contributed by atoms with E-state index in [9.17, 15) is 41.1 Å². The summed E-state index contributed by atoms with van der Waals surface area (Å²) in [5.74, 6) is -4.68. The Hall–Kier alpha value is -2.92. The average molecular weight is 871 g/mol. The Morgan fingerprint density at radius 2 is 1.10 bits per heavy atom. The summed E-state index contributed by atoms with van der Waals surface area (Å²) in [6.45, 7) is 13.2. The van der Waals surface area contributed by atoms with Crippen LogP contribution in [0.2, 0.25) is 0 Å². The number of aldehydes is 1. The molecule has 58 heavy (non-hydrogen) atoms. The SMILES string of the molecule is CCC(=O)O/C(CC)=C(\F)C(C)F.CNCCOCCOCCOCCN.CP(F)F.O=CCN1CCN(CC(=O)O)CCN(CC(=O)O)CCN(CC(=O)O)CC1. The lowest BCUT2D eigenvalue weighted by molar-refractivity contribution is -0.140. The molecule has 1 fully saturated rings. The molecule has 0 saturated carbocycles. The Balaban J connectivity index is -0.000000819. The number of carboxylic acids is 3. The summed E-state index contributed by atoms with van der Waals surface area (Å²) in [6.07, 6.45) is -0.632. The van der Waals surface area contributed by atoms with Crippen molar-refractivity contribution in [3.05, 3.63) is 11.6 Å². The van der Waals surface area contributed by atoms with Crippen LogP contribution >= 0.6 is 8.54 Å². The third kappa shape index (κ3) is 41.2. The van der Waals surface area contributed by atoms with Crippen LogP contribution in [0.4, 0.5) is 17.2 Å². The van der Waals surface area contributed by atoms with E-state index in [-0.39, 0.29) is 44.8 Å². The van der Waals surface area contributed by atoms with Gasteiger partial charge in [0.25, 0.3) is 8.54 Å². The molecule has 1 unspecified atom stereocenters. The number of nitrogens with two attached hydrogens (primary N) is 1. The van der Waals surface area contributed by atoms with Crippen LogP contribution in [0, 0.1) is 0 Å². The highest BCUT2D eigenvalue weighted by molar-refractivity contribution is 7.45. The number of hydrogen-bond acceptors (Lipinski definition) is 15. The molecule has 0 aromatic carbocycles. The Morgan fingerprint density at radius 1 is 0.741 bits per heavy atom. The first-order valence-electron chi connectivity index (χ1n) is 18.8. The molecule has 1 aliphatic heterocycles. The van der Waals surface area contributed by atoms with Crippen molar-refractivity contribution in [2.45, 2.75) is 39.8 Å². The van der Waals surface area contributed by atoms with Crippen molar-refractivity contribution in [3.63, 3.8) is 0 Å². The van der Waals surface area contributed by atoms with Crippen LogP contribution in [0.25, 0.3) is 0 Å². The summed E-state index contributed by atoms with van der Waals surface area (Å²) in [6, 6.07) is 0. The van der Waals surface area contributed by atoms with Crippen LogP contribution in [-0.4, -0.2) is 216 Å². The molecule has 18 nitrogen and oxygen atoms in total. The highest BCUT2D eigenvalue weighted by Gasteiger charge is 2.20. The monoisotopic (exact) mass is 870 g/mol. The van der Waals surface area contributed by atoms with Crippen molar-refractivity contribution in [3.8, 4) is 0 Å². The molecule has 6 N–H and O–H groups in total. The number of likely N-dealkylation sites (N-methyl/N-ethyl adjacent to an activating group) is 1. The molecular formula is C35H67F4N6O12P. The molecule has 1 saturated heterocycles. The molecule has 0 radical (unpaired) electrons. The zero-order valence-corrected chi connectivity index (χ0v) is 35.4.